The van der Waals surface area contributed by atoms with Crippen LogP contribution in [-0.4, -0.2) is 18.0 Å². The maximum absolute atomic E-state index is 10.4. The van der Waals surface area contributed by atoms with Crippen molar-refractivity contribution in [3.63, 3.8) is 0 Å². The van der Waals surface area contributed by atoms with Crippen LogP contribution in [0.2, 0.25) is 0 Å². The van der Waals surface area contributed by atoms with Crippen molar-refractivity contribution in [2.24, 2.45) is 0 Å². The van der Waals surface area contributed by atoms with E-state index in [1.165, 1.54) is 18.6 Å². The van der Waals surface area contributed by atoms with E-state index in [9.17, 15) is 14.9 Å². The van der Waals surface area contributed by atoms with Crippen LogP contribution in [0.4, 0.5) is 5.69 Å². The Kier molecular flexibility index (Phi) is 3.60. The van der Waals surface area contributed by atoms with E-state index in [-0.39, 0.29) is 12.3 Å². The number of nitrogens with zero attached hydrogens (tertiary/aromatic N) is 1. The summed E-state index contributed by atoms with van der Waals surface area (Å²) >= 11 is 0. The Labute approximate surface area is 80.5 Å². The van der Waals surface area contributed by atoms with Gasteiger partial charge in [-0.1, -0.05) is 12.1 Å². The minimum Gasteiger partial charge on any atom is -0.457 e. The van der Waals surface area contributed by atoms with Crippen molar-refractivity contribution in [3.8, 4) is 0 Å². The van der Waals surface area contributed by atoms with E-state index in [4.69, 9.17) is 0 Å². The van der Waals surface area contributed by atoms with Crippen LogP contribution in [0.1, 0.15) is 5.56 Å². The molecule has 1 aromatic rings. The van der Waals surface area contributed by atoms with Crippen molar-refractivity contribution in [1.29, 1.82) is 0 Å². The smallest absolute Gasteiger partial charge is 0.417 e. The van der Waals surface area contributed by atoms with E-state index in [1.54, 1.807) is 12.1 Å². The van der Waals surface area contributed by atoms with Crippen LogP contribution >= 0.6 is 0 Å². The molecule has 14 heavy (non-hydrogen) atoms. The van der Waals surface area contributed by atoms with Crippen LogP contribution < -0.4 is 0 Å². The lowest BCUT2D eigenvalue weighted by Crippen LogP contribution is -1.97. The first-order chi connectivity index (χ1) is 6.74. The SMILES string of the molecule is O=[C]OCCc1cccc([N+](=O)[O-])c1. The Morgan fingerprint density at radius 1 is 1.50 bits per heavy atom. The first-order valence-corrected chi connectivity index (χ1v) is 3.96. The summed E-state index contributed by atoms with van der Waals surface area (Å²) in [5.41, 5.74) is 0.798. The molecule has 1 rings (SSSR count). The lowest BCUT2D eigenvalue weighted by atomic mass is 10.1. The monoisotopic (exact) mass is 194 g/mol. The number of nitro benzene ring substituents is 1. The minimum atomic E-state index is -0.462. The van der Waals surface area contributed by atoms with Crippen molar-refractivity contribution in [1.82, 2.24) is 0 Å². The second-order valence-electron chi connectivity index (χ2n) is 2.61. The summed E-state index contributed by atoms with van der Waals surface area (Å²) in [6.07, 6.45) is 0.455. The van der Waals surface area contributed by atoms with Gasteiger partial charge in [0.1, 0.15) is 0 Å². The van der Waals surface area contributed by atoms with Crippen molar-refractivity contribution >= 4 is 12.2 Å². The number of hydrogen-bond acceptors (Lipinski definition) is 4. The van der Waals surface area contributed by atoms with Crippen LogP contribution in [0, 0.1) is 10.1 Å². The van der Waals surface area contributed by atoms with Gasteiger partial charge in [0, 0.05) is 18.6 Å². The third-order valence-electron chi connectivity index (χ3n) is 1.67. The summed E-state index contributed by atoms with van der Waals surface area (Å²) in [6, 6.07) is 6.20. The molecule has 0 aliphatic rings. The lowest BCUT2D eigenvalue weighted by Gasteiger charge is -1.98. The second-order valence-corrected chi connectivity index (χ2v) is 2.61. The molecule has 0 saturated carbocycles. The molecular formula is C9H8NO4. The quantitative estimate of drug-likeness (QED) is 0.401. The predicted molar refractivity (Wildman–Crippen MR) is 48.4 cm³/mol. The van der Waals surface area contributed by atoms with Gasteiger partial charge in [0.25, 0.3) is 5.69 Å². The summed E-state index contributed by atoms with van der Waals surface area (Å²) in [5.74, 6) is 0. The maximum atomic E-state index is 10.4. The number of non-ortho nitro benzene ring substituents is 1. The van der Waals surface area contributed by atoms with Crippen molar-refractivity contribution in [3.05, 3.63) is 39.9 Å². The van der Waals surface area contributed by atoms with E-state index in [1.807, 2.05) is 0 Å². The fourth-order valence-corrected chi connectivity index (χ4v) is 1.04. The van der Waals surface area contributed by atoms with Gasteiger partial charge >= 0.3 is 6.47 Å². The zero-order chi connectivity index (χ0) is 10.4. The summed E-state index contributed by atoms with van der Waals surface area (Å²) < 4.78 is 4.36. The molecule has 0 saturated heterocycles. The fraction of sp³-hybridized carbons (Fsp3) is 0.222. The second kappa shape index (κ2) is 4.96. The van der Waals surface area contributed by atoms with Gasteiger partial charge in [-0.3, -0.25) is 10.1 Å². The highest BCUT2D eigenvalue weighted by atomic mass is 16.6. The van der Waals surface area contributed by atoms with Crippen molar-refractivity contribution in [2.75, 3.05) is 6.61 Å². The van der Waals surface area contributed by atoms with Gasteiger partial charge in [0.15, 0.2) is 0 Å². The highest BCUT2D eigenvalue weighted by Gasteiger charge is 2.04. The van der Waals surface area contributed by atoms with Gasteiger partial charge in [-0.25, -0.2) is 4.79 Å². The van der Waals surface area contributed by atoms with Crippen molar-refractivity contribution in [2.45, 2.75) is 6.42 Å². The summed E-state index contributed by atoms with van der Waals surface area (Å²) in [5, 5.41) is 10.4. The molecule has 5 nitrogen and oxygen atoms in total. The average molecular weight is 194 g/mol. The first-order valence-electron chi connectivity index (χ1n) is 3.96. The lowest BCUT2D eigenvalue weighted by molar-refractivity contribution is -0.384. The van der Waals surface area contributed by atoms with E-state index < -0.39 is 4.92 Å². The molecule has 0 unspecified atom stereocenters. The zero-order valence-electron chi connectivity index (χ0n) is 7.30. The summed E-state index contributed by atoms with van der Waals surface area (Å²) in [7, 11) is 0. The van der Waals surface area contributed by atoms with Gasteiger partial charge in [-0.15, -0.1) is 0 Å². The molecule has 1 aromatic carbocycles. The molecule has 5 heteroatoms. The third-order valence-corrected chi connectivity index (χ3v) is 1.67. The average Bonchev–Trinajstić information content (AvgIpc) is 2.19. The van der Waals surface area contributed by atoms with Crippen LogP contribution in [-0.2, 0) is 16.0 Å². The Morgan fingerprint density at radius 3 is 2.93 bits per heavy atom. The normalized spacial score (nSPS) is 9.43. The highest BCUT2D eigenvalue weighted by molar-refractivity contribution is 5.38. The van der Waals surface area contributed by atoms with E-state index in [0.717, 1.165) is 5.56 Å². The molecule has 0 fully saturated rings. The number of rotatable bonds is 5. The fourth-order valence-electron chi connectivity index (χ4n) is 1.04. The molecule has 0 aromatic heterocycles. The van der Waals surface area contributed by atoms with Gasteiger partial charge in [0.05, 0.1) is 11.5 Å². The molecule has 1 radical (unpaired) electrons. The molecule has 0 amide bonds. The Hall–Kier alpha value is -1.91. The molecular weight excluding hydrogens is 186 g/mol. The zero-order valence-corrected chi connectivity index (χ0v) is 7.30. The van der Waals surface area contributed by atoms with Crippen LogP contribution in [0.3, 0.4) is 0 Å². The maximum Gasteiger partial charge on any atom is 0.417 e. The molecule has 0 aliphatic heterocycles. The van der Waals surface area contributed by atoms with Gasteiger partial charge in [-0.2, -0.15) is 0 Å². The molecule has 0 heterocycles. The summed E-state index contributed by atoms with van der Waals surface area (Å²) in [6.45, 7) is 1.48. The van der Waals surface area contributed by atoms with E-state index >= 15 is 0 Å². The molecule has 0 atom stereocenters. The van der Waals surface area contributed by atoms with Crippen molar-refractivity contribution < 1.29 is 14.5 Å². The number of carbonyl (C=O) groups excluding carboxylic acids is 1. The van der Waals surface area contributed by atoms with Crippen LogP contribution in [0.5, 0.6) is 0 Å². The van der Waals surface area contributed by atoms with Gasteiger partial charge in [-0.05, 0) is 5.56 Å². The Morgan fingerprint density at radius 2 is 2.29 bits per heavy atom. The molecule has 73 valence electrons. The summed E-state index contributed by atoms with van der Waals surface area (Å²) in [4.78, 5) is 19.6. The number of ether oxygens (including phenoxy) is 1. The Balaban J connectivity index is 2.63. The van der Waals surface area contributed by atoms with Crippen LogP contribution in [0.15, 0.2) is 24.3 Å². The molecule has 0 aliphatic carbocycles. The largest absolute Gasteiger partial charge is 0.457 e. The molecule has 0 bridgehead atoms. The van der Waals surface area contributed by atoms with Gasteiger partial charge < -0.3 is 4.74 Å². The third kappa shape index (κ3) is 2.85. The number of benzene rings is 1. The van der Waals surface area contributed by atoms with Gasteiger partial charge in [0.2, 0.25) is 0 Å². The minimum absolute atomic E-state index is 0.0394. The predicted octanol–water partition coefficient (Wildman–Crippen LogP) is 1.22. The standard InChI is InChI=1S/C9H8NO4/c11-7-14-5-4-8-2-1-3-9(6-8)10(12)13/h1-3,6H,4-5H2. The number of hydrogen-bond donors (Lipinski definition) is 0. The Bertz CT molecular complexity index is 337. The number of nitro groups is 1. The van der Waals surface area contributed by atoms with E-state index in [0.29, 0.717) is 6.42 Å². The van der Waals surface area contributed by atoms with E-state index in [2.05, 4.69) is 4.74 Å². The van der Waals surface area contributed by atoms with Crippen LogP contribution in [0.25, 0.3) is 0 Å². The topological polar surface area (TPSA) is 69.4 Å². The molecule has 0 N–H and O–H groups in total. The molecule has 0 spiro atoms. The first kappa shape index (κ1) is 10.2. The highest BCUT2D eigenvalue weighted by Crippen LogP contribution is 2.13.